The van der Waals surface area contributed by atoms with E-state index in [-0.39, 0.29) is 10.6 Å². The Morgan fingerprint density at radius 2 is 2.06 bits per heavy atom. The summed E-state index contributed by atoms with van der Waals surface area (Å²) in [5.41, 5.74) is 5.46. The molecular weight excluding hydrogens is 255 g/mol. The molecule has 5 heteroatoms. The van der Waals surface area contributed by atoms with Crippen molar-refractivity contribution in [2.75, 3.05) is 6.54 Å². The van der Waals surface area contributed by atoms with E-state index in [4.69, 9.17) is 17.3 Å². The van der Waals surface area contributed by atoms with Crippen LogP contribution in [-0.2, 0) is 0 Å². The maximum atomic E-state index is 13.5. The summed E-state index contributed by atoms with van der Waals surface area (Å²) in [7, 11) is 0. The van der Waals surface area contributed by atoms with Gasteiger partial charge in [-0.3, -0.25) is 4.79 Å². The molecule has 3 nitrogen and oxygen atoms in total. The van der Waals surface area contributed by atoms with E-state index in [1.807, 2.05) is 13.8 Å². The lowest BCUT2D eigenvalue weighted by Crippen LogP contribution is -2.49. The van der Waals surface area contributed by atoms with Gasteiger partial charge in [0.05, 0.1) is 10.6 Å². The molecule has 0 saturated carbocycles. The first kappa shape index (κ1) is 14.9. The highest BCUT2D eigenvalue weighted by atomic mass is 35.5. The van der Waals surface area contributed by atoms with Crippen LogP contribution in [0.25, 0.3) is 0 Å². The molecule has 0 radical (unpaired) electrons. The van der Waals surface area contributed by atoms with Crippen LogP contribution in [0.3, 0.4) is 0 Å². The molecule has 1 amide bonds. The third-order valence-electron chi connectivity index (χ3n) is 3.20. The van der Waals surface area contributed by atoms with Crippen molar-refractivity contribution in [1.29, 1.82) is 0 Å². The second kappa shape index (κ2) is 6.16. The summed E-state index contributed by atoms with van der Waals surface area (Å²) < 4.78 is 13.5. The maximum Gasteiger partial charge on any atom is 0.255 e. The van der Waals surface area contributed by atoms with E-state index in [9.17, 15) is 9.18 Å². The Labute approximate surface area is 112 Å². The molecule has 0 spiro atoms. The highest BCUT2D eigenvalue weighted by Gasteiger charge is 2.23. The standard InChI is InChI=1S/C13H18ClFN2O/c1-3-13(16,4-2)8-17-12(18)11-9(14)6-5-7-10(11)15/h5-7H,3-4,8,16H2,1-2H3,(H,17,18). The topological polar surface area (TPSA) is 55.1 Å². The van der Waals surface area contributed by atoms with Gasteiger partial charge in [-0.1, -0.05) is 31.5 Å². The fourth-order valence-corrected chi connectivity index (χ4v) is 1.81. The van der Waals surface area contributed by atoms with E-state index in [0.29, 0.717) is 6.54 Å². The van der Waals surface area contributed by atoms with E-state index in [1.54, 1.807) is 0 Å². The zero-order valence-corrected chi connectivity index (χ0v) is 11.4. The zero-order valence-electron chi connectivity index (χ0n) is 10.6. The van der Waals surface area contributed by atoms with Gasteiger partial charge in [-0.15, -0.1) is 0 Å². The average Bonchev–Trinajstić information content (AvgIpc) is 2.36. The van der Waals surface area contributed by atoms with Gasteiger partial charge in [0.15, 0.2) is 0 Å². The highest BCUT2D eigenvalue weighted by molar-refractivity contribution is 6.33. The van der Waals surface area contributed by atoms with Crippen LogP contribution < -0.4 is 11.1 Å². The van der Waals surface area contributed by atoms with Crippen molar-refractivity contribution in [3.05, 3.63) is 34.6 Å². The van der Waals surface area contributed by atoms with Gasteiger partial charge in [0.1, 0.15) is 5.82 Å². The molecule has 100 valence electrons. The quantitative estimate of drug-likeness (QED) is 0.866. The van der Waals surface area contributed by atoms with Gasteiger partial charge >= 0.3 is 0 Å². The van der Waals surface area contributed by atoms with Crippen LogP contribution in [0, 0.1) is 5.82 Å². The Hall–Kier alpha value is -1.13. The van der Waals surface area contributed by atoms with Crippen LogP contribution in [0.5, 0.6) is 0 Å². The van der Waals surface area contributed by atoms with Crippen molar-refractivity contribution in [1.82, 2.24) is 5.32 Å². The summed E-state index contributed by atoms with van der Waals surface area (Å²) in [5.74, 6) is -1.16. The number of nitrogens with two attached hydrogens (primary N) is 1. The number of halogens is 2. The predicted molar refractivity (Wildman–Crippen MR) is 71.2 cm³/mol. The number of nitrogens with one attached hydrogen (secondary N) is 1. The molecule has 1 aromatic carbocycles. The fraction of sp³-hybridized carbons (Fsp3) is 0.462. The number of hydrogen-bond donors (Lipinski definition) is 2. The first-order valence-corrected chi connectivity index (χ1v) is 6.32. The van der Waals surface area contributed by atoms with Gasteiger partial charge in [0.2, 0.25) is 0 Å². The van der Waals surface area contributed by atoms with Crippen molar-refractivity contribution in [3.63, 3.8) is 0 Å². The van der Waals surface area contributed by atoms with Gasteiger partial charge < -0.3 is 11.1 Å². The second-order valence-corrected chi connectivity index (χ2v) is 4.76. The van der Waals surface area contributed by atoms with Gasteiger partial charge in [-0.05, 0) is 25.0 Å². The molecule has 0 aliphatic carbocycles. The lowest BCUT2D eigenvalue weighted by molar-refractivity contribution is 0.0938. The number of carbonyl (C=O) groups excluding carboxylic acids is 1. The van der Waals surface area contributed by atoms with E-state index in [1.165, 1.54) is 18.2 Å². The van der Waals surface area contributed by atoms with Crippen molar-refractivity contribution in [2.45, 2.75) is 32.2 Å². The largest absolute Gasteiger partial charge is 0.350 e. The third-order valence-corrected chi connectivity index (χ3v) is 3.51. The van der Waals surface area contributed by atoms with E-state index in [0.717, 1.165) is 12.8 Å². The van der Waals surface area contributed by atoms with Gasteiger partial charge in [0, 0.05) is 12.1 Å². The molecule has 0 aliphatic rings. The van der Waals surface area contributed by atoms with Gasteiger partial charge in [-0.2, -0.15) is 0 Å². The molecule has 18 heavy (non-hydrogen) atoms. The van der Waals surface area contributed by atoms with Crippen LogP contribution in [0.15, 0.2) is 18.2 Å². The minimum Gasteiger partial charge on any atom is -0.350 e. The summed E-state index contributed by atoms with van der Waals surface area (Å²) in [6.07, 6.45) is 1.46. The van der Waals surface area contributed by atoms with Crippen LogP contribution in [0.4, 0.5) is 4.39 Å². The van der Waals surface area contributed by atoms with E-state index < -0.39 is 17.3 Å². The SMILES string of the molecule is CCC(N)(CC)CNC(=O)c1c(F)cccc1Cl. The predicted octanol–water partition coefficient (Wildman–Crippen LogP) is 2.73. The molecule has 0 aliphatic heterocycles. The third kappa shape index (κ3) is 3.43. The number of hydrogen-bond acceptors (Lipinski definition) is 2. The smallest absolute Gasteiger partial charge is 0.255 e. The van der Waals surface area contributed by atoms with Crippen LogP contribution >= 0.6 is 11.6 Å². The van der Waals surface area contributed by atoms with Crippen LogP contribution in [0.2, 0.25) is 5.02 Å². The number of rotatable bonds is 5. The van der Waals surface area contributed by atoms with Crippen molar-refractivity contribution in [3.8, 4) is 0 Å². The first-order valence-electron chi connectivity index (χ1n) is 5.94. The molecule has 3 N–H and O–H groups in total. The molecule has 0 fully saturated rings. The Balaban J connectivity index is 2.78. The van der Waals surface area contributed by atoms with Gasteiger partial charge in [0.25, 0.3) is 5.91 Å². The molecule has 0 aromatic heterocycles. The summed E-state index contributed by atoms with van der Waals surface area (Å²) in [6, 6.07) is 4.14. The second-order valence-electron chi connectivity index (χ2n) is 4.35. The number of carbonyl (C=O) groups is 1. The Bertz CT molecular complexity index is 413. The monoisotopic (exact) mass is 272 g/mol. The molecular formula is C13H18ClFN2O. The van der Waals surface area contributed by atoms with E-state index >= 15 is 0 Å². The van der Waals surface area contributed by atoms with Crippen molar-refractivity contribution < 1.29 is 9.18 Å². The Kier molecular flexibility index (Phi) is 5.11. The maximum absolute atomic E-state index is 13.5. The lowest BCUT2D eigenvalue weighted by atomic mass is 9.94. The Morgan fingerprint density at radius 1 is 1.44 bits per heavy atom. The van der Waals surface area contributed by atoms with Crippen molar-refractivity contribution in [2.24, 2.45) is 5.73 Å². The molecule has 0 bridgehead atoms. The van der Waals surface area contributed by atoms with Gasteiger partial charge in [-0.25, -0.2) is 4.39 Å². The minimum atomic E-state index is -0.629. The molecule has 0 heterocycles. The molecule has 0 atom stereocenters. The fourth-order valence-electron chi connectivity index (χ4n) is 1.56. The highest BCUT2D eigenvalue weighted by Crippen LogP contribution is 2.19. The summed E-state index contributed by atoms with van der Waals surface area (Å²) in [6.45, 7) is 4.20. The summed E-state index contributed by atoms with van der Waals surface area (Å²) in [4.78, 5) is 11.9. The van der Waals surface area contributed by atoms with Crippen LogP contribution in [0.1, 0.15) is 37.0 Å². The first-order chi connectivity index (χ1) is 8.43. The van der Waals surface area contributed by atoms with E-state index in [2.05, 4.69) is 5.32 Å². The zero-order chi connectivity index (χ0) is 13.8. The summed E-state index contributed by atoms with van der Waals surface area (Å²) in [5, 5.41) is 2.73. The van der Waals surface area contributed by atoms with Crippen molar-refractivity contribution >= 4 is 17.5 Å². The Morgan fingerprint density at radius 3 is 2.56 bits per heavy atom. The lowest BCUT2D eigenvalue weighted by Gasteiger charge is -2.26. The molecule has 0 unspecified atom stereocenters. The number of benzene rings is 1. The summed E-state index contributed by atoms with van der Waals surface area (Å²) >= 11 is 5.81. The average molecular weight is 273 g/mol. The molecule has 0 saturated heterocycles. The molecule has 1 rings (SSSR count). The van der Waals surface area contributed by atoms with Crippen LogP contribution in [-0.4, -0.2) is 18.0 Å². The minimum absolute atomic E-state index is 0.100. The molecule has 1 aromatic rings. The number of amides is 1. The normalized spacial score (nSPS) is 11.4.